The molecular formula is C34H37NO5. The number of aliphatic hydroxyl groups is 5. The Labute approximate surface area is 236 Å². The third-order valence-electron chi connectivity index (χ3n) is 6.21. The SMILES string of the molecule is C\C=C/C=C\C=C\C/C=C\C/C(=C\CC)N(C1=C(O)C(O)=C(O)C(O)=C(O)C1)c1ccc(-c2ccccc2)cc1. The lowest BCUT2D eigenvalue weighted by atomic mass is 10.0. The predicted octanol–water partition coefficient (Wildman–Crippen LogP) is 9.31. The number of rotatable bonds is 11. The second-order valence-electron chi connectivity index (χ2n) is 9.07. The summed E-state index contributed by atoms with van der Waals surface area (Å²) in [5, 5.41) is 52.2. The monoisotopic (exact) mass is 539 g/mol. The topological polar surface area (TPSA) is 104 Å². The van der Waals surface area contributed by atoms with E-state index < -0.39 is 28.8 Å². The second kappa shape index (κ2) is 14.9. The van der Waals surface area contributed by atoms with Gasteiger partial charge < -0.3 is 30.4 Å². The van der Waals surface area contributed by atoms with Gasteiger partial charge in [-0.25, -0.2) is 0 Å². The van der Waals surface area contributed by atoms with E-state index in [2.05, 4.69) is 0 Å². The van der Waals surface area contributed by atoms with Crippen LogP contribution in [0.2, 0.25) is 0 Å². The molecule has 6 heteroatoms. The number of benzene rings is 2. The van der Waals surface area contributed by atoms with Crippen LogP contribution in [0.1, 0.15) is 39.5 Å². The summed E-state index contributed by atoms with van der Waals surface area (Å²) in [5.41, 5.74) is 3.62. The van der Waals surface area contributed by atoms with E-state index in [1.54, 1.807) is 4.90 Å². The summed E-state index contributed by atoms with van der Waals surface area (Å²) in [5.74, 6) is -3.99. The number of anilines is 1. The molecule has 208 valence electrons. The van der Waals surface area contributed by atoms with Crippen molar-refractivity contribution in [1.82, 2.24) is 0 Å². The fourth-order valence-electron chi connectivity index (χ4n) is 4.21. The number of nitrogens with zero attached hydrogens (tertiary/aromatic N) is 1. The van der Waals surface area contributed by atoms with Crippen molar-refractivity contribution < 1.29 is 25.5 Å². The first-order valence-corrected chi connectivity index (χ1v) is 13.3. The lowest BCUT2D eigenvalue weighted by molar-refractivity contribution is 0.249. The molecule has 2 aromatic rings. The van der Waals surface area contributed by atoms with E-state index >= 15 is 0 Å². The highest BCUT2D eigenvalue weighted by molar-refractivity contribution is 5.69. The highest BCUT2D eigenvalue weighted by atomic mass is 16.4. The average molecular weight is 540 g/mol. The molecule has 0 saturated carbocycles. The van der Waals surface area contributed by atoms with Crippen molar-refractivity contribution in [3.63, 3.8) is 0 Å². The van der Waals surface area contributed by atoms with E-state index in [9.17, 15) is 25.5 Å². The molecule has 3 rings (SSSR count). The highest BCUT2D eigenvalue weighted by Gasteiger charge is 2.30. The Bertz CT molecular complexity index is 1390. The van der Waals surface area contributed by atoms with Gasteiger partial charge in [-0.05, 0) is 43.0 Å². The number of allylic oxidation sites excluding steroid dienone is 9. The Morgan fingerprint density at radius 2 is 1.38 bits per heavy atom. The van der Waals surface area contributed by atoms with Crippen LogP contribution in [0.15, 0.2) is 149 Å². The van der Waals surface area contributed by atoms with Crippen LogP contribution in [-0.4, -0.2) is 25.5 Å². The molecular weight excluding hydrogens is 502 g/mol. The first kappa shape index (κ1) is 29.7. The Hall–Kier alpha value is -4.84. The standard InChI is InChI=1S/C34H37NO5/c1-3-5-6-7-8-9-10-11-15-19-27(16-4-2)35(29-24-30(36)32(38)34(40)33(39)31(29)37)28-22-20-26(21-23-28)25-17-13-12-14-18-25/h3,5-9,11-18,20-23,36-40H,4,10,19,24H2,1-2H3/b5-3-,7-6-,9-8+,15-11-,27-16+. The second-order valence-corrected chi connectivity index (χ2v) is 9.07. The van der Waals surface area contributed by atoms with Gasteiger partial charge in [-0.3, -0.25) is 0 Å². The summed E-state index contributed by atoms with van der Waals surface area (Å²) in [6.45, 7) is 3.96. The van der Waals surface area contributed by atoms with Crippen LogP contribution in [0.3, 0.4) is 0 Å². The molecule has 1 aliphatic rings. The first-order chi connectivity index (χ1) is 19.4. The van der Waals surface area contributed by atoms with Crippen LogP contribution in [0.25, 0.3) is 11.1 Å². The van der Waals surface area contributed by atoms with Crippen LogP contribution >= 0.6 is 0 Å². The van der Waals surface area contributed by atoms with Gasteiger partial charge in [0.05, 0.1) is 12.1 Å². The largest absolute Gasteiger partial charge is 0.508 e. The molecule has 0 saturated heterocycles. The van der Waals surface area contributed by atoms with E-state index in [1.165, 1.54) is 0 Å². The van der Waals surface area contributed by atoms with E-state index in [4.69, 9.17) is 0 Å². The van der Waals surface area contributed by atoms with Crippen LogP contribution in [0.4, 0.5) is 5.69 Å². The fraction of sp³-hybridized carbons (Fsp3) is 0.176. The summed E-state index contributed by atoms with van der Waals surface area (Å²) >= 11 is 0. The zero-order chi connectivity index (χ0) is 28.9. The Balaban J connectivity index is 2.02. The molecule has 0 atom stereocenters. The van der Waals surface area contributed by atoms with E-state index in [-0.39, 0.29) is 12.1 Å². The Kier molecular flexibility index (Phi) is 11.1. The van der Waals surface area contributed by atoms with E-state index in [0.717, 1.165) is 23.2 Å². The zero-order valence-corrected chi connectivity index (χ0v) is 22.9. The van der Waals surface area contributed by atoms with Crippen LogP contribution < -0.4 is 4.90 Å². The number of aliphatic hydroxyl groups excluding tert-OH is 5. The van der Waals surface area contributed by atoms with Crippen LogP contribution in [0, 0.1) is 0 Å². The molecule has 0 bridgehead atoms. The Morgan fingerprint density at radius 1 is 0.725 bits per heavy atom. The van der Waals surface area contributed by atoms with Gasteiger partial charge in [0.15, 0.2) is 11.5 Å². The van der Waals surface area contributed by atoms with Crippen molar-refractivity contribution in [2.24, 2.45) is 0 Å². The summed E-state index contributed by atoms with van der Waals surface area (Å²) in [4.78, 5) is 1.74. The quantitative estimate of drug-likeness (QED) is 0.144. The highest BCUT2D eigenvalue weighted by Crippen LogP contribution is 2.36. The van der Waals surface area contributed by atoms with Gasteiger partial charge in [-0.15, -0.1) is 0 Å². The predicted molar refractivity (Wildman–Crippen MR) is 163 cm³/mol. The van der Waals surface area contributed by atoms with Crippen molar-refractivity contribution in [3.8, 4) is 11.1 Å². The van der Waals surface area contributed by atoms with Crippen LogP contribution in [0.5, 0.6) is 0 Å². The molecule has 2 aromatic carbocycles. The summed E-state index contributed by atoms with van der Waals surface area (Å²) in [6.07, 6.45) is 19.5. The van der Waals surface area contributed by atoms with Gasteiger partial charge in [-0.2, -0.15) is 0 Å². The maximum atomic E-state index is 11.0. The van der Waals surface area contributed by atoms with Gasteiger partial charge in [0, 0.05) is 17.8 Å². The smallest absolute Gasteiger partial charge is 0.207 e. The van der Waals surface area contributed by atoms with Crippen molar-refractivity contribution >= 4 is 5.69 Å². The molecule has 0 heterocycles. The molecule has 0 aromatic heterocycles. The third-order valence-corrected chi connectivity index (χ3v) is 6.21. The van der Waals surface area contributed by atoms with Crippen LogP contribution in [-0.2, 0) is 0 Å². The van der Waals surface area contributed by atoms with Gasteiger partial charge >= 0.3 is 0 Å². The first-order valence-electron chi connectivity index (χ1n) is 13.3. The average Bonchev–Trinajstić information content (AvgIpc) is 3.04. The molecule has 0 unspecified atom stereocenters. The molecule has 0 fully saturated rings. The van der Waals surface area contributed by atoms with Gasteiger partial charge in [0.2, 0.25) is 11.5 Å². The lowest BCUT2D eigenvalue weighted by Gasteiger charge is -2.30. The third kappa shape index (κ3) is 7.60. The maximum absolute atomic E-state index is 11.0. The van der Waals surface area contributed by atoms with Crippen molar-refractivity contribution in [2.75, 3.05) is 4.90 Å². The molecule has 1 aliphatic carbocycles. The van der Waals surface area contributed by atoms with Gasteiger partial charge in [-0.1, -0.05) is 104 Å². The van der Waals surface area contributed by atoms with Crippen molar-refractivity contribution in [1.29, 1.82) is 0 Å². The van der Waals surface area contributed by atoms with Gasteiger partial charge in [0.1, 0.15) is 5.76 Å². The normalized spacial score (nSPS) is 15.4. The zero-order valence-electron chi connectivity index (χ0n) is 22.9. The molecule has 0 aliphatic heterocycles. The summed E-state index contributed by atoms with van der Waals surface area (Å²) < 4.78 is 0. The number of hydrogen-bond acceptors (Lipinski definition) is 6. The molecule has 6 nitrogen and oxygen atoms in total. The van der Waals surface area contributed by atoms with Gasteiger partial charge in [0.25, 0.3) is 0 Å². The summed E-state index contributed by atoms with van der Waals surface area (Å²) in [6, 6.07) is 17.6. The molecule has 0 amide bonds. The minimum absolute atomic E-state index is 0.111. The minimum atomic E-state index is -0.986. The lowest BCUT2D eigenvalue weighted by Crippen LogP contribution is -2.24. The van der Waals surface area contributed by atoms with Crippen molar-refractivity contribution in [3.05, 3.63) is 149 Å². The molecule has 0 spiro atoms. The van der Waals surface area contributed by atoms with E-state index in [1.807, 2.05) is 123 Å². The van der Waals surface area contributed by atoms with E-state index in [0.29, 0.717) is 18.5 Å². The fourth-order valence-corrected chi connectivity index (χ4v) is 4.21. The molecule has 5 N–H and O–H groups in total. The van der Waals surface area contributed by atoms with Crippen molar-refractivity contribution in [2.45, 2.75) is 39.5 Å². The molecule has 0 radical (unpaired) electrons. The minimum Gasteiger partial charge on any atom is -0.508 e. The molecule has 40 heavy (non-hydrogen) atoms. The Morgan fingerprint density at radius 3 is 2.05 bits per heavy atom. The maximum Gasteiger partial charge on any atom is 0.207 e. The summed E-state index contributed by atoms with van der Waals surface area (Å²) in [7, 11) is 0. The number of hydrogen-bond donors (Lipinski definition) is 5.